The van der Waals surface area contributed by atoms with Crippen LogP contribution >= 0.6 is 0 Å². The zero-order valence-electron chi connectivity index (χ0n) is 17.0. The fourth-order valence-corrected chi connectivity index (χ4v) is 3.22. The number of rotatable bonds is 6. The third kappa shape index (κ3) is 7.59. The average Bonchev–Trinajstić information content (AvgIpc) is 2.60. The van der Waals surface area contributed by atoms with Crippen LogP contribution in [0.5, 0.6) is 0 Å². The quantitative estimate of drug-likeness (QED) is 0.830. The van der Waals surface area contributed by atoms with E-state index in [9.17, 15) is 9.59 Å². The van der Waals surface area contributed by atoms with Gasteiger partial charge in [0, 0.05) is 26.2 Å². The van der Waals surface area contributed by atoms with Crippen molar-refractivity contribution in [2.75, 3.05) is 26.7 Å². The lowest BCUT2D eigenvalue weighted by atomic mass is 10.0. The largest absolute Gasteiger partial charge is 0.444 e. The van der Waals surface area contributed by atoms with E-state index in [-0.39, 0.29) is 12.5 Å². The molecule has 0 spiro atoms. The van der Waals surface area contributed by atoms with Crippen LogP contribution in [0.3, 0.4) is 0 Å². The van der Waals surface area contributed by atoms with Crippen LogP contribution in [0.15, 0.2) is 30.3 Å². The first kappa shape index (κ1) is 21.2. The van der Waals surface area contributed by atoms with Crippen LogP contribution in [0.1, 0.15) is 45.6 Å². The molecule has 1 aromatic rings. The van der Waals surface area contributed by atoms with Crippen molar-refractivity contribution in [2.24, 2.45) is 0 Å². The summed E-state index contributed by atoms with van der Waals surface area (Å²) in [7, 11) is 1.58. The summed E-state index contributed by atoms with van der Waals surface area (Å²) in [5.74, 6) is -0.159. The molecule has 0 bridgehead atoms. The van der Waals surface area contributed by atoms with Crippen LogP contribution < -0.4 is 5.32 Å². The fourth-order valence-electron chi connectivity index (χ4n) is 3.22. The highest BCUT2D eigenvalue weighted by Crippen LogP contribution is 2.19. The second-order valence-corrected chi connectivity index (χ2v) is 8.25. The van der Waals surface area contributed by atoms with Crippen molar-refractivity contribution in [1.29, 1.82) is 0 Å². The van der Waals surface area contributed by atoms with E-state index in [2.05, 4.69) is 34.5 Å². The van der Waals surface area contributed by atoms with Gasteiger partial charge < -0.3 is 15.0 Å². The third-order valence-corrected chi connectivity index (χ3v) is 4.60. The number of carbonyl (C=O) groups excluding carboxylic acids is 2. The molecular formula is C21H33N3O3. The zero-order valence-corrected chi connectivity index (χ0v) is 17.0. The SMILES string of the molecule is CN(CC(=O)NCC1CCCCN1Cc1ccccc1)C(=O)OC(C)(C)C. The highest BCUT2D eigenvalue weighted by Gasteiger charge is 2.24. The molecule has 1 saturated heterocycles. The number of amides is 2. The summed E-state index contributed by atoms with van der Waals surface area (Å²) < 4.78 is 5.28. The fraction of sp³-hybridized carbons (Fsp3) is 0.619. The lowest BCUT2D eigenvalue weighted by molar-refractivity contribution is -0.122. The Morgan fingerprint density at radius 1 is 1.22 bits per heavy atom. The average molecular weight is 376 g/mol. The highest BCUT2D eigenvalue weighted by molar-refractivity contribution is 5.82. The molecule has 27 heavy (non-hydrogen) atoms. The van der Waals surface area contributed by atoms with Crippen LogP contribution in [0.4, 0.5) is 4.79 Å². The van der Waals surface area contributed by atoms with Crippen molar-refractivity contribution < 1.29 is 14.3 Å². The van der Waals surface area contributed by atoms with Gasteiger partial charge in [0.15, 0.2) is 0 Å². The molecule has 150 valence electrons. The molecule has 1 aliphatic rings. The first-order valence-corrected chi connectivity index (χ1v) is 9.73. The maximum atomic E-state index is 12.3. The minimum absolute atomic E-state index is 0.000316. The molecular weight excluding hydrogens is 342 g/mol. The second-order valence-electron chi connectivity index (χ2n) is 8.25. The number of nitrogens with zero attached hydrogens (tertiary/aromatic N) is 2. The standard InChI is InChI=1S/C21H33N3O3/c1-21(2,3)27-20(26)23(4)16-19(25)22-14-18-12-8-9-13-24(18)15-17-10-6-5-7-11-17/h5-7,10-11,18H,8-9,12-16H2,1-4H3,(H,22,25). The van der Waals surface area contributed by atoms with Gasteiger partial charge in [-0.2, -0.15) is 0 Å². The molecule has 6 heteroatoms. The van der Waals surface area contributed by atoms with Crippen molar-refractivity contribution in [2.45, 2.75) is 58.2 Å². The summed E-state index contributed by atoms with van der Waals surface area (Å²) in [4.78, 5) is 28.0. The van der Waals surface area contributed by atoms with Crippen molar-refractivity contribution in [3.8, 4) is 0 Å². The Hall–Kier alpha value is -2.08. The minimum atomic E-state index is -0.568. The number of nitrogens with one attached hydrogen (secondary N) is 1. The summed E-state index contributed by atoms with van der Waals surface area (Å²) in [5, 5.41) is 2.99. The van der Waals surface area contributed by atoms with Gasteiger partial charge in [0.05, 0.1) is 0 Å². The Morgan fingerprint density at radius 3 is 2.59 bits per heavy atom. The lowest BCUT2D eigenvalue weighted by Gasteiger charge is -2.36. The normalized spacial score (nSPS) is 18.0. The maximum Gasteiger partial charge on any atom is 0.410 e. The lowest BCUT2D eigenvalue weighted by Crippen LogP contribution is -2.48. The number of likely N-dealkylation sites (tertiary alicyclic amines) is 1. The van der Waals surface area contributed by atoms with E-state index in [1.165, 1.54) is 23.3 Å². The van der Waals surface area contributed by atoms with Crippen molar-refractivity contribution in [3.05, 3.63) is 35.9 Å². The first-order chi connectivity index (χ1) is 12.7. The van der Waals surface area contributed by atoms with E-state index in [1.54, 1.807) is 7.05 Å². The van der Waals surface area contributed by atoms with Crippen molar-refractivity contribution >= 4 is 12.0 Å². The van der Waals surface area contributed by atoms with Gasteiger partial charge in [-0.25, -0.2) is 4.79 Å². The Morgan fingerprint density at radius 2 is 1.93 bits per heavy atom. The van der Waals surface area contributed by atoms with Crippen molar-refractivity contribution in [3.63, 3.8) is 0 Å². The van der Waals surface area contributed by atoms with Gasteiger partial charge in [-0.3, -0.25) is 9.69 Å². The molecule has 2 amide bonds. The Kier molecular flexibility index (Phi) is 7.66. The molecule has 0 saturated carbocycles. The predicted molar refractivity (Wildman–Crippen MR) is 106 cm³/mol. The van der Waals surface area contributed by atoms with E-state index in [1.807, 2.05) is 26.8 Å². The van der Waals surface area contributed by atoms with Crippen LogP contribution in [-0.4, -0.2) is 60.1 Å². The van der Waals surface area contributed by atoms with E-state index >= 15 is 0 Å². The summed E-state index contributed by atoms with van der Waals surface area (Å²) >= 11 is 0. The molecule has 1 aliphatic heterocycles. The van der Waals surface area contributed by atoms with Gasteiger partial charge in [-0.15, -0.1) is 0 Å². The number of carbonyl (C=O) groups is 2. The van der Waals surface area contributed by atoms with Gasteiger partial charge in [0.2, 0.25) is 5.91 Å². The number of piperidine rings is 1. The molecule has 1 atom stereocenters. The summed E-state index contributed by atoms with van der Waals surface area (Å²) in [6.45, 7) is 7.98. The van der Waals surface area contributed by atoms with Gasteiger partial charge in [-0.1, -0.05) is 36.8 Å². The second kappa shape index (κ2) is 9.74. The monoisotopic (exact) mass is 375 g/mol. The van der Waals surface area contributed by atoms with Crippen LogP contribution in [0.25, 0.3) is 0 Å². The number of ether oxygens (including phenoxy) is 1. The van der Waals surface area contributed by atoms with E-state index in [0.717, 1.165) is 19.5 Å². The number of likely N-dealkylation sites (N-methyl/N-ethyl adjacent to an activating group) is 1. The molecule has 1 fully saturated rings. The van der Waals surface area contributed by atoms with E-state index in [0.29, 0.717) is 12.6 Å². The summed E-state index contributed by atoms with van der Waals surface area (Å²) in [6, 6.07) is 10.7. The number of benzene rings is 1. The van der Waals surface area contributed by atoms with Gasteiger partial charge >= 0.3 is 6.09 Å². The summed E-state index contributed by atoms with van der Waals surface area (Å²) in [6.07, 6.45) is 2.97. The van der Waals surface area contributed by atoms with Gasteiger partial charge in [0.25, 0.3) is 0 Å². The molecule has 1 heterocycles. The molecule has 0 radical (unpaired) electrons. The van der Waals surface area contributed by atoms with Gasteiger partial charge in [0.1, 0.15) is 12.1 Å². The van der Waals surface area contributed by atoms with E-state index < -0.39 is 11.7 Å². The Bertz CT molecular complexity index is 613. The van der Waals surface area contributed by atoms with Crippen LogP contribution in [0.2, 0.25) is 0 Å². The van der Waals surface area contributed by atoms with E-state index in [4.69, 9.17) is 4.74 Å². The zero-order chi connectivity index (χ0) is 19.9. The van der Waals surface area contributed by atoms with Gasteiger partial charge in [-0.05, 0) is 45.7 Å². The first-order valence-electron chi connectivity index (χ1n) is 9.73. The Labute approximate surface area is 162 Å². The number of hydrogen-bond donors (Lipinski definition) is 1. The molecule has 2 rings (SSSR count). The molecule has 0 aliphatic carbocycles. The minimum Gasteiger partial charge on any atom is -0.444 e. The van der Waals surface area contributed by atoms with Crippen LogP contribution in [0, 0.1) is 0 Å². The topological polar surface area (TPSA) is 61.9 Å². The molecule has 0 aromatic heterocycles. The number of hydrogen-bond acceptors (Lipinski definition) is 4. The van der Waals surface area contributed by atoms with Crippen molar-refractivity contribution in [1.82, 2.24) is 15.1 Å². The molecule has 1 N–H and O–H groups in total. The smallest absolute Gasteiger partial charge is 0.410 e. The third-order valence-electron chi connectivity index (χ3n) is 4.60. The predicted octanol–water partition coefficient (Wildman–Crippen LogP) is 3.02. The maximum absolute atomic E-state index is 12.3. The molecule has 1 unspecified atom stereocenters. The highest BCUT2D eigenvalue weighted by atomic mass is 16.6. The Balaban J connectivity index is 1.80. The molecule has 1 aromatic carbocycles. The molecule has 6 nitrogen and oxygen atoms in total. The van der Waals surface area contributed by atoms with Crippen LogP contribution in [-0.2, 0) is 16.1 Å². The summed E-state index contributed by atoms with van der Waals surface area (Å²) in [5.41, 5.74) is 0.724.